The fraction of sp³-hybridized carbons (Fsp3) is 0.429. The molecule has 0 saturated carbocycles. The molecule has 0 aliphatic rings. The van der Waals surface area contributed by atoms with Crippen molar-refractivity contribution in [1.82, 2.24) is 25.5 Å². The van der Waals surface area contributed by atoms with E-state index in [0.29, 0.717) is 18.0 Å². The molecule has 2 aromatic rings. The van der Waals surface area contributed by atoms with Gasteiger partial charge in [0.25, 0.3) is 0 Å². The van der Waals surface area contributed by atoms with Crippen molar-refractivity contribution in [3.63, 3.8) is 0 Å². The van der Waals surface area contributed by atoms with E-state index in [0.717, 1.165) is 5.69 Å². The minimum atomic E-state index is -1.16. The Labute approximate surface area is 123 Å². The van der Waals surface area contributed by atoms with E-state index in [1.54, 1.807) is 25.1 Å². The smallest absolute Gasteiger partial charge is 0.328 e. The minimum absolute atomic E-state index is 0.353. The van der Waals surface area contributed by atoms with Crippen LogP contribution in [0.2, 0.25) is 0 Å². The molecule has 0 spiro atoms. The summed E-state index contributed by atoms with van der Waals surface area (Å²) >= 11 is 0. The summed E-state index contributed by atoms with van der Waals surface area (Å²) in [4.78, 5) is 11.7. The average Bonchev–Trinajstić information content (AvgIpc) is 2.99. The number of aromatic nitrogens is 4. The van der Waals surface area contributed by atoms with E-state index in [4.69, 9.17) is 0 Å². The zero-order valence-corrected chi connectivity index (χ0v) is 12.3. The van der Waals surface area contributed by atoms with Gasteiger partial charge in [-0.05, 0) is 47.5 Å². The first-order chi connectivity index (χ1) is 9.93. The number of carboxylic acids is 1. The van der Waals surface area contributed by atoms with Gasteiger partial charge < -0.3 is 5.11 Å². The summed E-state index contributed by atoms with van der Waals surface area (Å²) in [5.74, 6) is -0.566. The molecule has 0 radical (unpaired) electrons. The molecule has 0 saturated heterocycles. The third-order valence-corrected chi connectivity index (χ3v) is 3.33. The molecule has 0 aliphatic heterocycles. The predicted molar refractivity (Wildman–Crippen MR) is 77.0 cm³/mol. The molecular weight excluding hydrogens is 270 g/mol. The first-order valence-electron chi connectivity index (χ1n) is 6.76. The molecule has 0 amide bonds. The Morgan fingerprint density at radius 3 is 2.81 bits per heavy atom. The van der Waals surface area contributed by atoms with E-state index in [1.165, 1.54) is 11.0 Å². The second-order valence-electron chi connectivity index (χ2n) is 5.51. The van der Waals surface area contributed by atoms with Crippen LogP contribution in [0.1, 0.15) is 26.3 Å². The molecule has 0 fully saturated rings. The lowest BCUT2D eigenvalue weighted by Crippen LogP contribution is -2.48. The number of hydrogen-bond acceptors (Lipinski definition) is 5. The summed E-state index contributed by atoms with van der Waals surface area (Å²) in [5.41, 5.74) is 0.217. The van der Waals surface area contributed by atoms with E-state index in [-0.39, 0.29) is 0 Å². The third-order valence-electron chi connectivity index (χ3n) is 3.33. The Morgan fingerprint density at radius 1 is 1.48 bits per heavy atom. The van der Waals surface area contributed by atoms with Gasteiger partial charge in [0.15, 0.2) is 0 Å². The van der Waals surface area contributed by atoms with E-state index in [9.17, 15) is 9.90 Å². The van der Waals surface area contributed by atoms with Gasteiger partial charge in [-0.3, -0.25) is 5.32 Å². The van der Waals surface area contributed by atoms with Crippen molar-refractivity contribution in [3.05, 3.63) is 36.2 Å². The Balaban J connectivity index is 2.37. The largest absolute Gasteiger partial charge is 0.480 e. The van der Waals surface area contributed by atoms with Crippen molar-refractivity contribution < 1.29 is 9.90 Å². The topological polar surface area (TPSA) is 92.9 Å². The van der Waals surface area contributed by atoms with Crippen LogP contribution in [-0.2, 0) is 10.3 Å². The summed E-state index contributed by atoms with van der Waals surface area (Å²) < 4.78 is 1.49. The number of nitrogens with zero attached hydrogens (tertiary/aromatic N) is 4. The Kier molecular flexibility index (Phi) is 4.32. The highest BCUT2D eigenvalue weighted by Gasteiger charge is 2.35. The lowest BCUT2D eigenvalue weighted by molar-refractivity contribution is -0.144. The Morgan fingerprint density at radius 2 is 2.24 bits per heavy atom. The molecule has 1 aromatic carbocycles. The van der Waals surface area contributed by atoms with Crippen LogP contribution in [0, 0.1) is 5.92 Å². The molecule has 0 aliphatic carbocycles. The summed E-state index contributed by atoms with van der Waals surface area (Å²) in [5, 5.41) is 23.7. The molecule has 1 unspecified atom stereocenters. The van der Waals surface area contributed by atoms with Crippen molar-refractivity contribution >= 4 is 5.97 Å². The fourth-order valence-electron chi connectivity index (χ4n) is 1.95. The second kappa shape index (κ2) is 6.01. The van der Waals surface area contributed by atoms with Crippen LogP contribution in [0.15, 0.2) is 30.6 Å². The molecule has 1 atom stereocenters. The van der Waals surface area contributed by atoms with E-state index >= 15 is 0 Å². The first-order valence-corrected chi connectivity index (χ1v) is 6.76. The SMILES string of the molecule is CC(C)CNC(C)(C(=O)O)c1cccc(-n2cnnn2)c1. The number of carbonyl (C=O) groups is 1. The van der Waals surface area contributed by atoms with Crippen LogP contribution in [0.4, 0.5) is 0 Å². The number of tetrazole rings is 1. The quantitative estimate of drug-likeness (QED) is 0.830. The molecule has 112 valence electrons. The maximum atomic E-state index is 11.7. The van der Waals surface area contributed by atoms with Crippen molar-refractivity contribution in [3.8, 4) is 5.69 Å². The highest BCUT2D eigenvalue weighted by atomic mass is 16.4. The fourth-order valence-corrected chi connectivity index (χ4v) is 1.95. The highest BCUT2D eigenvalue weighted by Crippen LogP contribution is 2.23. The third kappa shape index (κ3) is 3.25. The van der Waals surface area contributed by atoms with Gasteiger partial charge in [0.1, 0.15) is 11.9 Å². The van der Waals surface area contributed by atoms with Gasteiger partial charge in [-0.2, -0.15) is 0 Å². The van der Waals surface area contributed by atoms with Gasteiger partial charge in [0.2, 0.25) is 0 Å². The zero-order valence-electron chi connectivity index (χ0n) is 12.3. The summed E-state index contributed by atoms with van der Waals surface area (Å²) in [6.45, 7) is 6.34. The number of carboxylic acid groups (broad SMARTS) is 1. The van der Waals surface area contributed by atoms with Crippen molar-refractivity contribution in [2.24, 2.45) is 5.92 Å². The van der Waals surface area contributed by atoms with Crippen LogP contribution in [-0.4, -0.2) is 37.8 Å². The minimum Gasteiger partial charge on any atom is -0.480 e. The number of rotatable bonds is 6. The standard InChI is InChI=1S/C14H19N5O2/c1-10(2)8-15-14(3,13(20)21)11-5-4-6-12(7-11)19-9-16-17-18-19/h4-7,9-10,15H,8H2,1-3H3,(H,20,21). The van der Waals surface area contributed by atoms with Crippen LogP contribution < -0.4 is 5.32 Å². The predicted octanol–water partition coefficient (Wildman–Crippen LogP) is 1.21. The summed E-state index contributed by atoms with van der Waals surface area (Å²) in [6.07, 6.45) is 1.47. The second-order valence-corrected chi connectivity index (χ2v) is 5.51. The number of benzene rings is 1. The average molecular weight is 289 g/mol. The van der Waals surface area contributed by atoms with Gasteiger partial charge in [-0.15, -0.1) is 5.10 Å². The van der Waals surface area contributed by atoms with Crippen LogP contribution in [0.5, 0.6) is 0 Å². The van der Waals surface area contributed by atoms with Crippen molar-refractivity contribution in [1.29, 1.82) is 0 Å². The number of nitrogens with one attached hydrogen (secondary N) is 1. The number of hydrogen-bond donors (Lipinski definition) is 2. The molecule has 2 N–H and O–H groups in total. The lowest BCUT2D eigenvalue weighted by atomic mass is 9.91. The first kappa shape index (κ1) is 15.1. The monoisotopic (exact) mass is 289 g/mol. The van der Waals surface area contributed by atoms with Crippen molar-refractivity contribution in [2.45, 2.75) is 26.3 Å². The van der Waals surface area contributed by atoms with Gasteiger partial charge in [-0.25, -0.2) is 9.48 Å². The molecule has 21 heavy (non-hydrogen) atoms. The maximum Gasteiger partial charge on any atom is 0.328 e. The van der Waals surface area contributed by atoms with Crippen LogP contribution in [0.3, 0.4) is 0 Å². The molecule has 0 bridgehead atoms. The van der Waals surface area contributed by atoms with Gasteiger partial charge in [-0.1, -0.05) is 26.0 Å². The van der Waals surface area contributed by atoms with Gasteiger partial charge in [0, 0.05) is 0 Å². The lowest BCUT2D eigenvalue weighted by Gasteiger charge is -2.28. The van der Waals surface area contributed by atoms with E-state index in [2.05, 4.69) is 20.8 Å². The Hall–Kier alpha value is -2.28. The molecule has 7 nitrogen and oxygen atoms in total. The van der Waals surface area contributed by atoms with Gasteiger partial charge in [0.05, 0.1) is 5.69 Å². The number of aliphatic carboxylic acids is 1. The molecule has 7 heteroatoms. The maximum absolute atomic E-state index is 11.7. The Bertz CT molecular complexity index is 612. The van der Waals surface area contributed by atoms with E-state index in [1.807, 2.05) is 19.9 Å². The van der Waals surface area contributed by atoms with Gasteiger partial charge >= 0.3 is 5.97 Å². The van der Waals surface area contributed by atoms with E-state index < -0.39 is 11.5 Å². The summed E-state index contributed by atoms with van der Waals surface area (Å²) in [6, 6.07) is 7.18. The zero-order chi connectivity index (χ0) is 15.5. The normalized spacial score (nSPS) is 14.1. The molecule has 1 heterocycles. The summed E-state index contributed by atoms with van der Waals surface area (Å²) in [7, 11) is 0. The highest BCUT2D eigenvalue weighted by molar-refractivity contribution is 5.80. The molecule has 1 aromatic heterocycles. The van der Waals surface area contributed by atoms with Crippen LogP contribution >= 0.6 is 0 Å². The molecular formula is C14H19N5O2. The van der Waals surface area contributed by atoms with Crippen LogP contribution in [0.25, 0.3) is 5.69 Å². The van der Waals surface area contributed by atoms with Crippen molar-refractivity contribution in [2.75, 3.05) is 6.54 Å². The molecule has 2 rings (SSSR count).